The third-order valence-corrected chi connectivity index (χ3v) is 4.71. The molecule has 5 nitrogen and oxygen atoms in total. The fourth-order valence-corrected chi connectivity index (χ4v) is 3.34. The molecule has 1 aliphatic carbocycles. The molecule has 1 saturated carbocycles. The molecular weight excluding hydrogens is 326 g/mol. The molecule has 1 atom stereocenters. The minimum Gasteiger partial charge on any atom is -0.341 e. The average molecular weight is 348 g/mol. The lowest BCUT2D eigenvalue weighted by molar-refractivity contribution is -0.123. The van der Waals surface area contributed by atoms with E-state index in [1.165, 1.54) is 6.42 Å². The van der Waals surface area contributed by atoms with Crippen LogP contribution in [0.5, 0.6) is 0 Å². The van der Waals surface area contributed by atoms with E-state index in [2.05, 4.69) is 10.6 Å². The van der Waals surface area contributed by atoms with E-state index in [0.29, 0.717) is 22.9 Å². The fourth-order valence-electron chi connectivity index (χ4n) is 3.12. The van der Waals surface area contributed by atoms with Gasteiger partial charge in [0.25, 0.3) is 5.91 Å². The van der Waals surface area contributed by atoms with Crippen molar-refractivity contribution in [3.05, 3.63) is 34.9 Å². The van der Waals surface area contributed by atoms with Gasteiger partial charge in [-0.25, -0.2) is 0 Å². The predicted octanol–water partition coefficient (Wildman–Crippen LogP) is 3.05. The second-order valence-corrected chi connectivity index (χ2v) is 6.53. The van der Waals surface area contributed by atoms with Crippen LogP contribution in [0.15, 0.2) is 24.3 Å². The van der Waals surface area contributed by atoms with E-state index in [9.17, 15) is 9.59 Å². The predicted molar refractivity (Wildman–Crippen MR) is 92.5 cm³/mol. The third kappa shape index (κ3) is 5.24. The highest BCUT2D eigenvalue weighted by Crippen LogP contribution is 2.27. The van der Waals surface area contributed by atoms with Gasteiger partial charge in [0, 0.05) is 0 Å². The molecule has 0 spiro atoms. The van der Waals surface area contributed by atoms with Crippen molar-refractivity contribution in [3.63, 3.8) is 0 Å². The second kappa shape index (κ2) is 9.29. The lowest BCUT2D eigenvalue weighted by Crippen LogP contribution is -2.48. The van der Waals surface area contributed by atoms with Gasteiger partial charge in [0.1, 0.15) is 12.6 Å². The van der Waals surface area contributed by atoms with Gasteiger partial charge in [0.15, 0.2) is 0 Å². The van der Waals surface area contributed by atoms with E-state index in [1.54, 1.807) is 24.3 Å². The van der Waals surface area contributed by atoms with Crippen LogP contribution in [0, 0.1) is 17.2 Å². The number of hydrogen-bond donors (Lipinski definition) is 2. The Hall–Kier alpha value is -2.06. The summed E-state index contributed by atoms with van der Waals surface area (Å²) in [4.78, 5) is 24.8. The Labute approximate surface area is 147 Å². The SMILES string of the molecule is N#CCNC(=O)[C@H](CC1CCCCC1)NC(=O)c1ccccc1Cl. The van der Waals surface area contributed by atoms with Gasteiger partial charge in [0.2, 0.25) is 5.91 Å². The van der Waals surface area contributed by atoms with Crippen LogP contribution in [-0.4, -0.2) is 24.4 Å². The number of benzene rings is 1. The van der Waals surface area contributed by atoms with Crippen molar-refractivity contribution in [2.75, 3.05) is 6.54 Å². The molecule has 24 heavy (non-hydrogen) atoms. The van der Waals surface area contributed by atoms with Crippen LogP contribution in [0.2, 0.25) is 5.02 Å². The van der Waals surface area contributed by atoms with Crippen LogP contribution in [0.1, 0.15) is 48.9 Å². The number of nitrogens with zero attached hydrogens (tertiary/aromatic N) is 1. The molecule has 0 unspecified atom stereocenters. The molecule has 1 aliphatic rings. The molecule has 2 rings (SSSR count). The first-order valence-corrected chi connectivity index (χ1v) is 8.69. The maximum atomic E-state index is 12.5. The molecule has 0 aromatic heterocycles. The van der Waals surface area contributed by atoms with Crippen LogP contribution in [0.4, 0.5) is 0 Å². The Balaban J connectivity index is 2.06. The molecule has 0 saturated heterocycles. The van der Waals surface area contributed by atoms with E-state index in [0.717, 1.165) is 25.7 Å². The smallest absolute Gasteiger partial charge is 0.253 e. The van der Waals surface area contributed by atoms with Crippen LogP contribution in [0.25, 0.3) is 0 Å². The highest BCUT2D eigenvalue weighted by Gasteiger charge is 2.26. The summed E-state index contributed by atoms with van der Waals surface area (Å²) in [6.45, 7) is -0.0675. The Morgan fingerprint density at radius 2 is 1.96 bits per heavy atom. The van der Waals surface area contributed by atoms with Crippen molar-refractivity contribution in [2.45, 2.75) is 44.6 Å². The molecule has 0 bridgehead atoms. The number of nitrogens with one attached hydrogen (secondary N) is 2. The van der Waals surface area contributed by atoms with Crippen LogP contribution < -0.4 is 10.6 Å². The number of halogens is 1. The lowest BCUT2D eigenvalue weighted by Gasteiger charge is -2.26. The zero-order chi connectivity index (χ0) is 17.4. The summed E-state index contributed by atoms with van der Waals surface area (Å²) in [6, 6.07) is 7.98. The zero-order valence-corrected chi connectivity index (χ0v) is 14.3. The van der Waals surface area contributed by atoms with Gasteiger partial charge in [-0.15, -0.1) is 0 Å². The lowest BCUT2D eigenvalue weighted by atomic mass is 9.84. The van der Waals surface area contributed by atoms with Gasteiger partial charge in [-0.2, -0.15) is 5.26 Å². The molecule has 0 radical (unpaired) electrons. The molecular formula is C18H22ClN3O2. The van der Waals surface area contributed by atoms with Crippen molar-refractivity contribution in [1.29, 1.82) is 5.26 Å². The minimum absolute atomic E-state index is 0.0675. The molecule has 2 N–H and O–H groups in total. The van der Waals surface area contributed by atoms with Crippen molar-refractivity contribution in [2.24, 2.45) is 5.92 Å². The number of carbonyl (C=O) groups is 2. The molecule has 0 heterocycles. The summed E-state index contributed by atoms with van der Waals surface area (Å²) in [6.07, 6.45) is 6.29. The topological polar surface area (TPSA) is 82.0 Å². The minimum atomic E-state index is -0.648. The summed E-state index contributed by atoms with van der Waals surface area (Å²) < 4.78 is 0. The molecule has 2 amide bonds. The Morgan fingerprint density at radius 1 is 1.25 bits per heavy atom. The van der Waals surface area contributed by atoms with Crippen LogP contribution >= 0.6 is 11.6 Å². The van der Waals surface area contributed by atoms with E-state index in [4.69, 9.17) is 16.9 Å². The summed E-state index contributed by atoms with van der Waals surface area (Å²) in [5, 5.41) is 14.3. The third-order valence-electron chi connectivity index (χ3n) is 4.38. The number of nitriles is 1. The van der Waals surface area contributed by atoms with Gasteiger partial charge in [-0.3, -0.25) is 9.59 Å². The normalized spacial score (nSPS) is 16.0. The number of hydrogen-bond acceptors (Lipinski definition) is 3. The van der Waals surface area contributed by atoms with E-state index in [-0.39, 0.29) is 18.4 Å². The van der Waals surface area contributed by atoms with Crippen molar-refractivity contribution >= 4 is 23.4 Å². The second-order valence-electron chi connectivity index (χ2n) is 6.12. The quantitative estimate of drug-likeness (QED) is 0.776. The standard InChI is InChI=1S/C18H22ClN3O2/c19-15-9-5-4-8-14(15)17(23)22-16(18(24)21-11-10-20)12-13-6-2-1-3-7-13/h4-5,8-9,13,16H,1-3,6-7,11-12H2,(H,21,24)(H,22,23)/t16-/m0/s1. The summed E-state index contributed by atoms with van der Waals surface area (Å²) in [7, 11) is 0. The monoisotopic (exact) mass is 347 g/mol. The molecule has 0 aliphatic heterocycles. The molecule has 6 heteroatoms. The van der Waals surface area contributed by atoms with Gasteiger partial charge >= 0.3 is 0 Å². The van der Waals surface area contributed by atoms with Crippen LogP contribution in [-0.2, 0) is 4.79 Å². The zero-order valence-electron chi connectivity index (χ0n) is 13.6. The Kier molecular flexibility index (Phi) is 7.07. The maximum Gasteiger partial charge on any atom is 0.253 e. The molecule has 1 aromatic rings. The first kappa shape index (κ1) is 18.3. The van der Waals surface area contributed by atoms with Crippen molar-refractivity contribution < 1.29 is 9.59 Å². The number of amides is 2. The van der Waals surface area contributed by atoms with Gasteiger partial charge in [-0.05, 0) is 24.5 Å². The summed E-state index contributed by atoms with van der Waals surface area (Å²) in [5.41, 5.74) is 0.348. The summed E-state index contributed by atoms with van der Waals surface area (Å²) >= 11 is 6.05. The highest BCUT2D eigenvalue weighted by atomic mass is 35.5. The van der Waals surface area contributed by atoms with Crippen molar-refractivity contribution in [3.8, 4) is 6.07 Å². The average Bonchev–Trinajstić information content (AvgIpc) is 2.60. The molecule has 1 fully saturated rings. The maximum absolute atomic E-state index is 12.5. The van der Waals surface area contributed by atoms with Crippen molar-refractivity contribution in [1.82, 2.24) is 10.6 Å². The van der Waals surface area contributed by atoms with Crippen LogP contribution in [0.3, 0.4) is 0 Å². The van der Waals surface area contributed by atoms with E-state index >= 15 is 0 Å². The largest absolute Gasteiger partial charge is 0.341 e. The van der Waals surface area contributed by atoms with E-state index < -0.39 is 6.04 Å². The Bertz CT molecular complexity index is 621. The summed E-state index contributed by atoms with van der Waals surface area (Å²) in [5.74, 6) is -0.265. The first-order valence-electron chi connectivity index (χ1n) is 8.32. The number of carbonyl (C=O) groups excluding carboxylic acids is 2. The van der Waals surface area contributed by atoms with Gasteiger partial charge in [-0.1, -0.05) is 55.8 Å². The van der Waals surface area contributed by atoms with E-state index in [1.807, 2.05) is 6.07 Å². The molecule has 128 valence electrons. The Morgan fingerprint density at radius 3 is 2.62 bits per heavy atom. The fraction of sp³-hybridized carbons (Fsp3) is 0.500. The highest BCUT2D eigenvalue weighted by molar-refractivity contribution is 6.33. The van der Waals surface area contributed by atoms with Gasteiger partial charge in [0.05, 0.1) is 16.7 Å². The molecule has 1 aromatic carbocycles. The van der Waals surface area contributed by atoms with Gasteiger partial charge < -0.3 is 10.6 Å². The number of rotatable bonds is 6. The first-order chi connectivity index (χ1) is 11.6.